The summed E-state index contributed by atoms with van der Waals surface area (Å²) >= 11 is 6.12. The van der Waals surface area contributed by atoms with E-state index in [1.165, 1.54) is 43.4 Å². The van der Waals surface area contributed by atoms with Crippen molar-refractivity contribution in [3.8, 4) is 0 Å². The molecule has 1 aromatic rings. The van der Waals surface area contributed by atoms with Crippen molar-refractivity contribution in [2.24, 2.45) is 0 Å². The summed E-state index contributed by atoms with van der Waals surface area (Å²) < 4.78 is 0. The molecule has 1 aliphatic carbocycles. The maximum atomic E-state index is 6.12. The van der Waals surface area contributed by atoms with Crippen LogP contribution in [0.5, 0.6) is 0 Å². The lowest BCUT2D eigenvalue weighted by Gasteiger charge is -2.34. The highest BCUT2D eigenvalue weighted by Crippen LogP contribution is 2.32. The lowest BCUT2D eigenvalue weighted by molar-refractivity contribution is 0.427. The van der Waals surface area contributed by atoms with Crippen LogP contribution in [-0.4, -0.2) is 13.1 Å². The molecule has 2 N–H and O–H groups in total. The van der Waals surface area contributed by atoms with Gasteiger partial charge in [0.15, 0.2) is 0 Å². The van der Waals surface area contributed by atoms with Crippen molar-refractivity contribution >= 4 is 23.0 Å². The Morgan fingerprint density at radius 2 is 1.88 bits per heavy atom. The molecule has 2 nitrogen and oxygen atoms in total. The fourth-order valence-corrected chi connectivity index (χ4v) is 2.90. The van der Waals surface area contributed by atoms with Crippen molar-refractivity contribution < 1.29 is 0 Å². The number of hydrogen-bond acceptors (Lipinski definition) is 2. The molecule has 0 atom stereocenters. The molecule has 1 aromatic carbocycles. The van der Waals surface area contributed by atoms with Crippen molar-refractivity contribution in [2.45, 2.75) is 45.1 Å². The third-order valence-corrected chi connectivity index (χ3v) is 4.14. The van der Waals surface area contributed by atoms with Gasteiger partial charge in [0.25, 0.3) is 0 Å². The Labute approximate surface area is 109 Å². The third-order valence-electron chi connectivity index (χ3n) is 3.82. The van der Waals surface area contributed by atoms with E-state index in [1.807, 2.05) is 12.1 Å². The minimum Gasteiger partial charge on any atom is -0.398 e. The van der Waals surface area contributed by atoms with E-state index in [4.69, 9.17) is 17.3 Å². The predicted molar refractivity (Wildman–Crippen MR) is 75.9 cm³/mol. The number of aryl methyl sites for hydroxylation is 1. The highest BCUT2D eigenvalue weighted by molar-refractivity contribution is 6.33. The fourth-order valence-electron chi connectivity index (χ4n) is 2.74. The average Bonchev–Trinajstić information content (AvgIpc) is 2.34. The number of rotatable bonds is 2. The van der Waals surface area contributed by atoms with Gasteiger partial charge in [-0.05, 0) is 37.5 Å². The van der Waals surface area contributed by atoms with Crippen LogP contribution in [0.2, 0.25) is 5.02 Å². The topological polar surface area (TPSA) is 29.3 Å². The molecule has 0 spiro atoms. The Balaban J connectivity index is 2.23. The highest BCUT2D eigenvalue weighted by atomic mass is 35.5. The number of halogens is 1. The zero-order valence-corrected chi connectivity index (χ0v) is 11.4. The van der Waals surface area contributed by atoms with Crippen LogP contribution in [0.1, 0.15) is 37.7 Å². The molecule has 0 amide bonds. The van der Waals surface area contributed by atoms with Gasteiger partial charge in [-0.3, -0.25) is 0 Å². The molecule has 0 saturated heterocycles. The molecule has 0 unspecified atom stereocenters. The number of nitrogens with two attached hydrogens (primary N) is 1. The summed E-state index contributed by atoms with van der Waals surface area (Å²) in [5, 5.41) is 0.660. The van der Waals surface area contributed by atoms with E-state index < -0.39 is 0 Å². The second kappa shape index (κ2) is 5.18. The number of benzene rings is 1. The van der Waals surface area contributed by atoms with Gasteiger partial charge in [-0.2, -0.15) is 0 Å². The molecular formula is C14H21ClN2. The van der Waals surface area contributed by atoms with Crippen molar-refractivity contribution in [2.75, 3.05) is 17.7 Å². The van der Waals surface area contributed by atoms with Gasteiger partial charge in [-0.15, -0.1) is 0 Å². The summed E-state index contributed by atoms with van der Waals surface area (Å²) in [6.45, 7) is 2.10. The molecule has 1 saturated carbocycles. The Bertz CT molecular complexity index is 397. The third kappa shape index (κ3) is 2.68. The van der Waals surface area contributed by atoms with Crippen LogP contribution in [0.3, 0.4) is 0 Å². The van der Waals surface area contributed by atoms with Gasteiger partial charge >= 0.3 is 0 Å². The fraction of sp³-hybridized carbons (Fsp3) is 0.571. The van der Waals surface area contributed by atoms with Gasteiger partial charge in [0.05, 0.1) is 10.7 Å². The van der Waals surface area contributed by atoms with Gasteiger partial charge in [0.2, 0.25) is 0 Å². The summed E-state index contributed by atoms with van der Waals surface area (Å²) in [5.74, 6) is 0. The van der Waals surface area contributed by atoms with E-state index in [1.54, 1.807) is 0 Å². The van der Waals surface area contributed by atoms with E-state index >= 15 is 0 Å². The van der Waals surface area contributed by atoms with E-state index in [0.29, 0.717) is 16.8 Å². The number of anilines is 2. The molecular weight excluding hydrogens is 232 g/mol. The first kappa shape index (κ1) is 12.6. The van der Waals surface area contributed by atoms with E-state index in [-0.39, 0.29) is 0 Å². The van der Waals surface area contributed by atoms with Crippen LogP contribution in [0.15, 0.2) is 12.1 Å². The van der Waals surface area contributed by atoms with Crippen LogP contribution in [-0.2, 0) is 0 Å². The van der Waals surface area contributed by atoms with Gasteiger partial charge < -0.3 is 10.6 Å². The second-order valence-corrected chi connectivity index (χ2v) is 5.47. The smallest absolute Gasteiger partial charge is 0.0656 e. The molecule has 3 heteroatoms. The maximum absolute atomic E-state index is 6.12. The van der Waals surface area contributed by atoms with Crippen molar-refractivity contribution in [1.29, 1.82) is 0 Å². The monoisotopic (exact) mass is 252 g/mol. The lowest BCUT2D eigenvalue weighted by Crippen LogP contribution is -2.33. The quantitative estimate of drug-likeness (QED) is 0.807. The van der Waals surface area contributed by atoms with Crippen molar-refractivity contribution in [1.82, 2.24) is 0 Å². The molecule has 1 aliphatic rings. The van der Waals surface area contributed by atoms with Gasteiger partial charge in [-0.1, -0.05) is 30.9 Å². The Morgan fingerprint density at radius 3 is 2.53 bits per heavy atom. The van der Waals surface area contributed by atoms with Crippen LogP contribution >= 0.6 is 11.6 Å². The largest absolute Gasteiger partial charge is 0.398 e. The van der Waals surface area contributed by atoms with Crippen LogP contribution < -0.4 is 10.6 Å². The number of nitrogen functional groups attached to an aromatic ring is 1. The molecule has 2 rings (SSSR count). The van der Waals surface area contributed by atoms with E-state index in [2.05, 4.69) is 18.9 Å². The average molecular weight is 253 g/mol. The highest BCUT2D eigenvalue weighted by Gasteiger charge is 2.20. The van der Waals surface area contributed by atoms with Crippen molar-refractivity contribution in [3.05, 3.63) is 22.7 Å². The standard InChI is InChI=1S/C14H21ClN2/c1-10-8-13(16)12(15)9-14(10)17(2)11-6-4-3-5-7-11/h8-9,11H,3-7,16H2,1-2H3. The van der Waals surface area contributed by atoms with E-state index in [9.17, 15) is 0 Å². The summed E-state index contributed by atoms with van der Waals surface area (Å²) in [6.07, 6.45) is 6.65. The van der Waals surface area contributed by atoms with Crippen LogP contribution in [0, 0.1) is 6.92 Å². The molecule has 0 aromatic heterocycles. The zero-order valence-electron chi connectivity index (χ0n) is 10.7. The Morgan fingerprint density at radius 1 is 1.24 bits per heavy atom. The molecule has 0 radical (unpaired) electrons. The van der Waals surface area contributed by atoms with E-state index in [0.717, 1.165) is 0 Å². The first-order valence-electron chi connectivity index (χ1n) is 6.38. The first-order chi connectivity index (χ1) is 8.09. The molecule has 0 aliphatic heterocycles. The second-order valence-electron chi connectivity index (χ2n) is 5.06. The predicted octanol–water partition coefficient (Wildman–Crippen LogP) is 4.00. The first-order valence-corrected chi connectivity index (χ1v) is 6.76. The summed E-state index contributed by atoms with van der Waals surface area (Å²) in [6, 6.07) is 4.62. The molecule has 0 heterocycles. The molecule has 17 heavy (non-hydrogen) atoms. The van der Waals surface area contributed by atoms with Crippen molar-refractivity contribution in [3.63, 3.8) is 0 Å². The van der Waals surface area contributed by atoms with Crippen LogP contribution in [0.25, 0.3) is 0 Å². The van der Waals surface area contributed by atoms with Gasteiger partial charge in [0.1, 0.15) is 0 Å². The Hall–Kier alpha value is -0.890. The van der Waals surface area contributed by atoms with Gasteiger partial charge in [0, 0.05) is 18.8 Å². The zero-order chi connectivity index (χ0) is 12.4. The molecule has 0 bridgehead atoms. The summed E-state index contributed by atoms with van der Waals surface area (Å²) in [5.41, 5.74) is 8.92. The summed E-state index contributed by atoms with van der Waals surface area (Å²) in [7, 11) is 2.17. The summed E-state index contributed by atoms with van der Waals surface area (Å²) in [4.78, 5) is 2.37. The minimum absolute atomic E-state index is 0.655. The minimum atomic E-state index is 0.655. The van der Waals surface area contributed by atoms with Gasteiger partial charge in [-0.25, -0.2) is 0 Å². The molecule has 94 valence electrons. The maximum Gasteiger partial charge on any atom is 0.0656 e. The Kier molecular flexibility index (Phi) is 3.82. The number of hydrogen-bond donors (Lipinski definition) is 1. The molecule has 1 fully saturated rings. The lowest BCUT2D eigenvalue weighted by atomic mass is 9.94. The SMILES string of the molecule is Cc1cc(N)c(Cl)cc1N(C)C1CCCCC1. The normalized spacial score (nSPS) is 17.1. The van der Waals surface area contributed by atoms with Crippen LogP contribution in [0.4, 0.5) is 11.4 Å². The number of nitrogens with zero attached hydrogens (tertiary/aromatic N) is 1.